The zero-order valence-electron chi connectivity index (χ0n) is 15.4. The van der Waals surface area contributed by atoms with E-state index in [4.69, 9.17) is 4.74 Å². The van der Waals surface area contributed by atoms with Gasteiger partial charge in [-0.15, -0.1) is 11.8 Å². The lowest BCUT2D eigenvalue weighted by Gasteiger charge is -2.31. The number of hydrogen-bond acceptors (Lipinski definition) is 5. The lowest BCUT2D eigenvalue weighted by atomic mass is 10.2. The number of rotatable bonds is 6. The van der Waals surface area contributed by atoms with Crippen LogP contribution >= 0.6 is 11.8 Å². The van der Waals surface area contributed by atoms with Gasteiger partial charge in [0.05, 0.1) is 14.2 Å². The van der Waals surface area contributed by atoms with E-state index in [0.717, 1.165) is 16.2 Å². The zero-order chi connectivity index (χ0) is 19.1. The molecule has 2 N–H and O–H groups in total. The van der Waals surface area contributed by atoms with E-state index in [1.54, 1.807) is 4.90 Å². The fourth-order valence-electron chi connectivity index (χ4n) is 2.70. The molecule has 0 saturated carbocycles. The molecule has 26 heavy (non-hydrogen) atoms. The summed E-state index contributed by atoms with van der Waals surface area (Å²) in [6, 6.07) is 7.57. The van der Waals surface area contributed by atoms with Crippen molar-refractivity contribution in [3.8, 4) is 0 Å². The molecule has 7 nitrogen and oxygen atoms in total. The SMILES string of the molecule is COC(=O)[C@H]1CN(C(=O)C[NH+](C)CC(=O)Nc2ccc(C)cc2)CCS1. The summed E-state index contributed by atoms with van der Waals surface area (Å²) in [5.74, 6) is 0.213. The maximum absolute atomic E-state index is 12.5. The fraction of sp³-hybridized carbons (Fsp3) is 0.500. The van der Waals surface area contributed by atoms with Gasteiger partial charge in [-0.1, -0.05) is 17.7 Å². The van der Waals surface area contributed by atoms with Gasteiger partial charge in [0.1, 0.15) is 5.25 Å². The molecule has 2 rings (SSSR count). The number of esters is 1. The second-order valence-electron chi connectivity index (χ2n) is 6.45. The standard InChI is InChI=1S/C18H25N3O4S/c1-13-4-6-14(7-5-13)19-16(22)11-20(2)12-17(23)21-8-9-26-15(10-21)18(24)25-3/h4-7,15H,8-12H2,1-3H3,(H,19,22)/p+1/t15-/m1/s1. The number of nitrogens with zero attached hydrogens (tertiary/aromatic N) is 1. The largest absolute Gasteiger partial charge is 0.468 e. The van der Waals surface area contributed by atoms with Crippen LogP contribution in [0.2, 0.25) is 0 Å². The van der Waals surface area contributed by atoms with Crippen LogP contribution in [0.3, 0.4) is 0 Å². The third-order valence-corrected chi connectivity index (χ3v) is 5.30. The molecule has 1 saturated heterocycles. The third-order valence-electron chi connectivity index (χ3n) is 4.13. The maximum atomic E-state index is 12.5. The minimum absolute atomic E-state index is 0.0557. The van der Waals surface area contributed by atoms with Crippen LogP contribution in [-0.2, 0) is 19.1 Å². The van der Waals surface area contributed by atoms with E-state index in [-0.39, 0.29) is 36.1 Å². The number of carbonyl (C=O) groups excluding carboxylic acids is 3. The number of anilines is 1. The Bertz CT molecular complexity index is 650. The summed E-state index contributed by atoms with van der Waals surface area (Å²) in [6.07, 6.45) is 0. The average Bonchev–Trinajstić information content (AvgIpc) is 2.62. The number of amides is 2. The highest BCUT2D eigenvalue weighted by Crippen LogP contribution is 2.19. The molecule has 2 atom stereocenters. The van der Waals surface area contributed by atoms with Crippen LogP contribution in [0, 0.1) is 6.92 Å². The van der Waals surface area contributed by atoms with Crippen molar-refractivity contribution in [1.82, 2.24) is 4.90 Å². The molecule has 0 aliphatic carbocycles. The highest BCUT2D eigenvalue weighted by atomic mass is 32.2. The van der Waals surface area contributed by atoms with Crippen molar-refractivity contribution in [2.75, 3.05) is 51.4 Å². The molecule has 0 aromatic heterocycles. The molecule has 1 fully saturated rings. The summed E-state index contributed by atoms with van der Waals surface area (Å²) in [6.45, 7) is 3.36. The van der Waals surface area contributed by atoms with Gasteiger partial charge in [0.25, 0.3) is 11.8 Å². The second-order valence-corrected chi connectivity index (χ2v) is 7.76. The summed E-state index contributed by atoms with van der Waals surface area (Å²) in [5, 5.41) is 2.50. The molecule has 2 amide bonds. The molecule has 1 aliphatic heterocycles. The van der Waals surface area contributed by atoms with E-state index >= 15 is 0 Å². The van der Waals surface area contributed by atoms with Crippen LogP contribution in [0.5, 0.6) is 0 Å². The van der Waals surface area contributed by atoms with Crippen molar-refractivity contribution in [1.29, 1.82) is 0 Å². The maximum Gasteiger partial charge on any atom is 0.320 e. The van der Waals surface area contributed by atoms with Gasteiger partial charge in [-0.2, -0.15) is 0 Å². The van der Waals surface area contributed by atoms with Crippen LogP contribution in [0.4, 0.5) is 5.69 Å². The van der Waals surface area contributed by atoms with E-state index < -0.39 is 0 Å². The van der Waals surface area contributed by atoms with Crippen LogP contribution in [0.25, 0.3) is 0 Å². The monoisotopic (exact) mass is 380 g/mol. The predicted octanol–water partition coefficient (Wildman–Crippen LogP) is -0.435. The Kier molecular flexibility index (Phi) is 7.47. The van der Waals surface area contributed by atoms with E-state index in [0.29, 0.717) is 18.8 Å². The van der Waals surface area contributed by atoms with Crippen molar-refractivity contribution in [2.24, 2.45) is 0 Å². The first-order chi connectivity index (χ1) is 12.4. The molecule has 1 unspecified atom stereocenters. The Balaban J connectivity index is 1.79. The number of quaternary nitrogens is 1. The molecular formula is C18H26N3O4S+. The summed E-state index contributed by atoms with van der Waals surface area (Å²) >= 11 is 1.51. The number of likely N-dealkylation sites (N-methyl/N-ethyl adjacent to an activating group) is 1. The smallest absolute Gasteiger partial charge is 0.320 e. The summed E-state index contributed by atoms with van der Waals surface area (Å²) in [4.78, 5) is 38.7. The van der Waals surface area contributed by atoms with Crippen molar-refractivity contribution in [3.63, 3.8) is 0 Å². The van der Waals surface area contributed by atoms with Crippen LogP contribution in [0.15, 0.2) is 24.3 Å². The van der Waals surface area contributed by atoms with Gasteiger partial charge in [0, 0.05) is 24.5 Å². The molecule has 142 valence electrons. The highest BCUT2D eigenvalue weighted by Gasteiger charge is 2.30. The quantitative estimate of drug-likeness (QED) is 0.655. The highest BCUT2D eigenvalue weighted by molar-refractivity contribution is 8.00. The predicted molar refractivity (Wildman–Crippen MR) is 101 cm³/mol. The van der Waals surface area contributed by atoms with Crippen molar-refractivity contribution < 1.29 is 24.0 Å². The number of hydrogen-bond donors (Lipinski definition) is 2. The number of benzene rings is 1. The van der Waals surface area contributed by atoms with Crippen molar-refractivity contribution in [2.45, 2.75) is 12.2 Å². The van der Waals surface area contributed by atoms with Crippen LogP contribution in [0.1, 0.15) is 5.56 Å². The van der Waals surface area contributed by atoms with E-state index in [9.17, 15) is 14.4 Å². The Morgan fingerprint density at radius 3 is 2.62 bits per heavy atom. The molecule has 0 bridgehead atoms. The van der Waals surface area contributed by atoms with Gasteiger partial charge in [0.15, 0.2) is 13.1 Å². The number of methoxy groups -OCH3 is 1. The summed E-state index contributed by atoms with van der Waals surface area (Å²) in [7, 11) is 3.16. The van der Waals surface area contributed by atoms with Gasteiger partial charge < -0.3 is 19.9 Å². The first kappa shape index (κ1) is 20.3. The second kappa shape index (κ2) is 9.59. The van der Waals surface area contributed by atoms with E-state index in [1.807, 2.05) is 38.2 Å². The van der Waals surface area contributed by atoms with Gasteiger partial charge in [-0.05, 0) is 19.1 Å². The molecule has 1 heterocycles. The first-order valence-electron chi connectivity index (χ1n) is 8.54. The topological polar surface area (TPSA) is 80.2 Å². The lowest BCUT2D eigenvalue weighted by molar-refractivity contribution is -0.862. The summed E-state index contributed by atoms with van der Waals surface area (Å²) < 4.78 is 4.76. The Labute approximate surface area is 158 Å². The fourth-order valence-corrected chi connectivity index (χ4v) is 3.83. The minimum Gasteiger partial charge on any atom is -0.468 e. The molecular weight excluding hydrogens is 354 g/mol. The van der Waals surface area contributed by atoms with Crippen molar-refractivity contribution in [3.05, 3.63) is 29.8 Å². The lowest BCUT2D eigenvalue weighted by Crippen LogP contribution is -3.11. The van der Waals surface area contributed by atoms with Crippen LogP contribution < -0.4 is 10.2 Å². The molecule has 8 heteroatoms. The van der Waals surface area contributed by atoms with Crippen molar-refractivity contribution >= 4 is 35.2 Å². The first-order valence-corrected chi connectivity index (χ1v) is 9.59. The van der Waals surface area contributed by atoms with Gasteiger partial charge in [-0.3, -0.25) is 14.4 Å². The van der Waals surface area contributed by atoms with Gasteiger partial charge >= 0.3 is 5.97 Å². The Morgan fingerprint density at radius 2 is 1.96 bits per heavy atom. The molecule has 1 aromatic rings. The average molecular weight is 380 g/mol. The summed E-state index contributed by atoms with van der Waals surface area (Å²) in [5.41, 5.74) is 1.87. The number of aryl methyl sites for hydroxylation is 1. The minimum atomic E-state index is -0.331. The number of ether oxygens (including phenoxy) is 1. The van der Waals surface area contributed by atoms with Crippen LogP contribution in [-0.4, -0.2) is 74.0 Å². The zero-order valence-corrected chi connectivity index (χ0v) is 16.2. The molecule has 1 aliphatic rings. The normalized spacial score (nSPS) is 18.1. The molecule has 0 radical (unpaired) electrons. The molecule has 0 spiro atoms. The van der Waals surface area contributed by atoms with Gasteiger partial charge in [0.2, 0.25) is 0 Å². The number of thioether (sulfide) groups is 1. The number of carbonyl (C=O) groups is 3. The third kappa shape index (κ3) is 6.03. The van der Waals surface area contributed by atoms with Gasteiger partial charge in [-0.25, -0.2) is 0 Å². The Hall–Kier alpha value is -2.06. The number of nitrogens with one attached hydrogen (secondary N) is 2. The van der Waals surface area contributed by atoms with E-state index in [1.165, 1.54) is 18.9 Å². The molecule has 1 aromatic carbocycles. The Morgan fingerprint density at radius 1 is 1.27 bits per heavy atom. The van der Waals surface area contributed by atoms with E-state index in [2.05, 4.69) is 5.32 Å².